The van der Waals surface area contributed by atoms with Crippen LogP contribution >= 0.6 is 0 Å². The van der Waals surface area contributed by atoms with Crippen LogP contribution in [0.3, 0.4) is 0 Å². The summed E-state index contributed by atoms with van der Waals surface area (Å²) < 4.78 is 0. The first-order chi connectivity index (χ1) is 11.2. The predicted octanol–water partition coefficient (Wildman–Crippen LogP) is 1.46. The van der Waals surface area contributed by atoms with E-state index in [-0.39, 0.29) is 18.6 Å². The number of hydrogen-bond donors (Lipinski definition) is 2. The van der Waals surface area contributed by atoms with E-state index in [0.29, 0.717) is 6.54 Å². The van der Waals surface area contributed by atoms with Crippen molar-refractivity contribution in [1.29, 1.82) is 0 Å². The summed E-state index contributed by atoms with van der Waals surface area (Å²) in [6, 6.07) is 0.279. The summed E-state index contributed by atoms with van der Waals surface area (Å²) >= 11 is 0. The lowest BCUT2D eigenvalue weighted by Crippen LogP contribution is -2.53. The molecule has 5 heteroatoms. The molecule has 0 bridgehead atoms. The van der Waals surface area contributed by atoms with Gasteiger partial charge in [-0.3, -0.25) is 14.6 Å². The van der Waals surface area contributed by atoms with Crippen molar-refractivity contribution < 1.29 is 9.90 Å². The van der Waals surface area contributed by atoms with Gasteiger partial charge >= 0.3 is 0 Å². The summed E-state index contributed by atoms with van der Waals surface area (Å²) in [6.07, 6.45) is 8.96. The molecule has 1 atom stereocenters. The molecular weight excluding hydrogens is 290 g/mol. The van der Waals surface area contributed by atoms with Gasteiger partial charge in [0.05, 0.1) is 13.2 Å². The Balaban J connectivity index is 1.57. The Kier molecular flexibility index (Phi) is 8.34. The zero-order valence-corrected chi connectivity index (χ0v) is 14.8. The topological polar surface area (TPSA) is 55.8 Å². The molecule has 2 N–H and O–H groups in total. The van der Waals surface area contributed by atoms with Gasteiger partial charge in [-0.1, -0.05) is 39.0 Å². The Labute approximate surface area is 141 Å². The fourth-order valence-corrected chi connectivity index (χ4v) is 3.94. The van der Waals surface area contributed by atoms with Crippen LogP contribution in [0, 0.1) is 5.92 Å². The summed E-state index contributed by atoms with van der Waals surface area (Å²) in [7, 11) is 0. The van der Waals surface area contributed by atoms with Crippen LogP contribution in [0.2, 0.25) is 0 Å². The standard InChI is InChI=1S/C18H35N3O2/c1-2-17(15-22)21-12-10-20(11-13-21)14-18(23)19-9-8-16-6-4-3-5-7-16/h16-17,22H,2-15H2,1H3,(H,19,23). The largest absolute Gasteiger partial charge is 0.395 e. The summed E-state index contributed by atoms with van der Waals surface area (Å²) in [5.41, 5.74) is 0. The number of hydrogen-bond acceptors (Lipinski definition) is 4. The molecule has 1 saturated heterocycles. The van der Waals surface area contributed by atoms with Crippen molar-refractivity contribution >= 4 is 5.91 Å². The lowest BCUT2D eigenvalue weighted by Gasteiger charge is -2.38. The Hall–Kier alpha value is -0.650. The van der Waals surface area contributed by atoms with E-state index < -0.39 is 0 Å². The normalized spacial score (nSPS) is 22.9. The molecule has 0 aromatic rings. The van der Waals surface area contributed by atoms with Crippen molar-refractivity contribution in [3.8, 4) is 0 Å². The molecule has 2 aliphatic rings. The number of amides is 1. The van der Waals surface area contributed by atoms with Crippen LogP contribution in [0.4, 0.5) is 0 Å². The quantitative estimate of drug-likeness (QED) is 0.709. The fourth-order valence-electron chi connectivity index (χ4n) is 3.94. The predicted molar refractivity (Wildman–Crippen MR) is 93.4 cm³/mol. The molecule has 134 valence electrons. The Morgan fingerprint density at radius 2 is 1.87 bits per heavy atom. The molecule has 1 heterocycles. The van der Waals surface area contributed by atoms with E-state index in [2.05, 4.69) is 22.0 Å². The molecule has 2 rings (SSSR count). The molecule has 2 fully saturated rings. The van der Waals surface area contributed by atoms with Gasteiger partial charge in [-0.05, 0) is 18.8 Å². The van der Waals surface area contributed by atoms with Crippen LogP contribution in [0.15, 0.2) is 0 Å². The molecule has 1 saturated carbocycles. The molecule has 0 aromatic carbocycles. The number of carbonyl (C=O) groups excluding carboxylic acids is 1. The first-order valence-electron chi connectivity index (χ1n) is 9.57. The number of rotatable bonds is 8. The number of aliphatic hydroxyl groups is 1. The van der Waals surface area contributed by atoms with Crippen molar-refractivity contribution in [2.75, 3.05) is 45.9 Å². The van der Waals surface area contributed by atoms with Gasteiger partial charge in [-0.25, -0.2) is 0 Å². The fraction of sp³-hybridized carbons (Fsp3) is 0.944. The molecule has 1 unspecified atom stereocenters. The van der Waals surface area contributed by atoms with E-state index >= 15 is 0 Å². The third-order valence-corrected chi connectivity index (χ3v) is 5.57. The van der Waals surface area contributed by atoms with Gasteiger partial charge in [0.25, 0.3) is 0 Å². The second kappa shape index (κ2) is 10.3. The molecule has 0 aromatic heterocycles. The molecule has 0 radical (unpaired) electrons. The minimum absolute atomic E-state index is 0.170. The van der Waals surface area contributed by atoms with E-state index in [1.807, 2.05) is 0 Å². The highest BCUT2D eigenvalue weighted by atomic mass is 16.3. The van der Waals surface area contributed by atoms with Crippen LogP contribution in [0.25, 0.3) is 0 Å². The van der Waals surface area contributed by atoms with Crippen LogP contribution in [-0.4, -0.2) is 72.7 Å². The van der Waals surface area contributed by atoms with Gasteiger partial charge in [-0.2, -0.15) is 0 Å². The maximum Gasteiger partial charge on any atom is 0.234 e. The number of carbonyl (C=O) groups is 1. The van der Waals surface area contributed by atoms with E-state index in [1.165, 1.54) is 32.1 Å². The number of nitrogens with zero attached hydrogens (tertiary/aromatic N) is 2. The molecule has 5 nitrogen and oxygen atoms in total. The molecular formula is C18H35N3O2. The Morgan fingerprint density at radius 3 is 2.48 bits per heavy atom. The van der Waals surface area contributed by atoms with Crippen LogP contribution in [0.1, 0.15) is 51.9 Å². The second-order valence-corrected chi connectivity index (χ2v) is 7.20. The third kappa shape index (κ3) is 6.40. The van der Waals surface area contributed by atoms with Crippen molar-refractivity contribution in [1.82, 2.24) is 15.1 Å². The molecule has 1 amide bonds. The summed E-state index contributed by atoms with van der Waals surface area (Å²) in [4.78, 5) is 16.7. The van der Waals surface area contributed by atoms with Crippen LogP contribution in [0.5, 0.6) is 0 Å². The lowest BCUT2D eigenvalue weighted by molar-refractivity contribution is -0.122. The van der Waals surface area contributed by atoms with E-state index in [1.54, 1.807) is 0 Å². The lowest BCUT2D eigenvalue weighted by atomic mass is 9.87. The average molecular weight is 325 g/mol. The van der Waals surface area contributed by atoms with Crippen LogP contribution < -0.4 is 5.32 Å². The van der Waals surface area contributed by atoms with Crippen molar-refractivity contribution in [2.45, 2.75) is 57.9 Å². The van der Waals surface area contributed by atoms with Gasteiger partial charge in [0.1, 0.15) is 0 Å². The molecule has 1 aliphatic heterocycles. The Bertz CT molecular complexity index is 333. The highest BCUT2D eigenvalue weighted by Crippen LogP contribution is 2.25. The molecule has 1 aliphatic carbocycles. The first-order valence-corrected chi connectivity index (χ1v) is 9.57. The molecule has 23 heavy (non-hydrogen) atoms. The maximum atomic E-state index is 12.1. The van der Waals surface area contributed by atoms with E-state index in [9.17, 15) is 9.90 Å². The smallest absolute Gasteiger partial charge is 0.234 e. The monoisotopic (exact) mass is 325 g/mol. The van der Waals surface area contributed by atoms with Gasteiger partial charge in [0, 0.05) is 38.8 Å². The van der Waals surface area contributed by atoms with E-state index in [0.717, 1.165) is 51.5 Å². The third-order valence-electron chi connectivity index (χ3n) is 5.57. The SMILES string of the molecule is CCC(CO)N1CCN(CC(=O)NCCC2CCCCC2)CC1. The summed E-state index contributed by atoms with van der Waals surface area (Å²) in [6.45, 7) is 7.47. The minimum Gasteiger partial charge on any atom is -0.395 e. The van der Waals surface area contributed by atoms with Gasteiger partial charge < -0.3 is 10.4 Å². The zero-order chi connectivity index (χ0) is 16.5. The van der Waals surface area contributed by atoms with Crippen LogP contribution in [-0.2, 0) is 4.79 Å². The van der Waals surface area contributed by atoms with Crippen molar-refractivity contribution in [3.05, 3.63) is 0 Å². The minimum atomic E-state index is 0.170. The first kappa shape index (κ1) is 18.7. The second-order valence-electron chi connectivity index (χ2n) is 7.20. The van der Waals surface area contributed by atoms with Crippen molar-refractivity contribution in [2.24, 2.45) is 5.92 Å². The summed E-state index contributed by atoms with van der Waals surface area (Å²) in [5.74, 6) is 1.00. The van der Waals surface area contributed by atoms with Gasteiger partial charge in [0.15, 0.2) is 0 Å². The zero-order valence-electron chi connectivity index (χ0n) is 14.8. The highest BCUT2D eigenvalue weighted by Gasteiger charge is 2.23. The number of aliphatic hydroxyl groups excluding tert-OH is 1. The van der Waals surface area contributed by atoms with Gasteiger partial charge in [0.2, 0.25) is 5.91 Å². The average Bonchev–Trinajstić information content (AvgIpc) is 2.58. The van der Waals surface area contributed by atoms with Crippen molar-refractivity contribution in [3.63, 3.8) is 0 Å². The summed E-state index contributed by atoms with van der Waals surface area (Å²) in [5, 5.41) is 12.5. The maximum absolute atomic E-state index is 12.1. The number of nitrogens with one attached hydrogen (secondary N) is 1. The molecule has 0 spiro atoms. The van der Waals surface area contributed by atoms with Gasteiger partial charge in [-0.15, -0.1) is 0 Å². The highest BCUT2D eigenvalue weighted by molar-refractivity contribution is 5.77. The Morgan fingerprint density at radius 1 is 1.17 bits per heavy atom. The number of piperazine rings is 1. The van der Waals surface area contributed by atoms with E-state index in [4.69, 9.17) is 0 Å².